The number of piperidine rings is 1. The summed E-state index contributed by atoms with van der Waals surface area (Å²) < 4.78 is 11.2. The van der Waals surface area contributed by atoms with Crippen LogP contribution in [0.5, 0.6) is 0 Å². The van der Waals surface area contributed by atoms with E-state index in [-0.39, 0.29) is 12.1 Å². The van der Waals surface area contributed by atoms with Gasteiger partial charge in [-0.15, -0.1) is 0 Å². The Kier molecular flexibility index (Phi) is 6.17. The van der Waals surface area contributed by atoms with Crippen LogP contribution in [0.15, 0.2) is 47.1 Å². The molecule has 3 heterocycles. The van der Waals surface area contributed by atoms with Crippen LogP contribution in [0.3, 0.4) is 0 Å². The zero-order valence-corrected chi connectivity index (χ0v) is 16.3. The number of para-hydroxylation sites is 2. The third-order valence-corrected chi connectivity index (χ3v) is 5.50. The highest BCUT2D eigenvalue weighted by atomic mass is 16.5. The van der Waals surface area contributed by atoms with Crippen molar-refractivity contribution in [2.75, 3.05) is 36.5 Å². The molecular formula is C22H29N3O3. The van der Waals surface area contributed by atoms with Crippen LogP contribution in [0.1, 0.15) is 37.9 Å². The average molecular weight is 383 g/mol. The Morgan fingerprint density at radius 1 is 1.11 bits per heavy atom. The maximum atomic E-state index is 13.2. The minimum Gasteiger partial charge on any atom is -0.467 e. The van der Waals surface area contributed by atoms with Crippen molar-refractivity contribution in [1.82, 2.24) is 4.90 Å². The SMILES string of the molecule is O=C(Nc1ccccc1N1CCCCC1)N(Cc1ccco1)CC1CCCO1. The summed E-state index contributed by atoms with van der Waals surface area (Å²) in [6.45, 7) is 3.86. The molecule has 0 radical (unpaired) electrons. The third-order valence-electron chi connectivity index (χ3n) is 5.50. The van der Waals surface area contributed by atoms with Crippen molar-refractivity contribution in [2.45, 2.75) is 44.8 Å². The third kappa shape index (κ3) is 4.68. The molecule has 4 rings (SSSR count). The van der Waals surface area contributed by atoms with Crippen LogP contribution in [-0.4, -0.2) is 43.3 Å². The van der Waals surface area contributed by atoms with Gasteiger partial charge in [0.1, 0.15) is 5.76 Å². The Balaban J connectivity index is 1.48. The van der Waals surface area contributed by atoms with Gasteiger partial charge in [-0.1, -0.05) is 12.1 Å². The summed E-state index contributed by atoms with van der Waals surface area (Å²) in [6.07, 6.45) is 7.47. The van der Waals surface area contributed by atoms with Gasteiger partial charge in [0, 0.05) is 26.2 Å². The van der Waals surface area contributed by atoms with Gasteiger partial charge in [0.2, 0.25) is 0 Å². The Hall–Kier alpha value is -2.47. The fourth-order valence-electron chi connectivity index (χ4n) is 4.03. The van der Waals surface area contributed by atoms with E-state index in [9.17, 15) is 4.79 Å². The van der Waals surface area contributed by atoms with E-state index in [0.717, 1.165) is 49.7 Å². The number of rotatable bonds is 6. The maximum Gasteiger partial charge on any atom is 0.322 e. The van der Waals surface area contributed by atoms with E-state index in [1.807, 2.05) is 30.3 Å². The largest absolute Gasteiger partial charge is 0.467 e. The second-order valence-electron chi connectivity index (χ2n) is 7.59. The first-order chi connectivity index (χ1) is 13.8. The molecule has 2 aromatic rings. The van der Waals surface area contributed by atoms with Crippen molar-refractivity contribution < 1.29 is 13.9 Å². The fraction of sp³-hybridized carbons (Fsp3) is 0.500. The number of carbonyl (C=O) groups excluding carboxylic acids is 1. The van der Waals surface area contributed by atoms with Gasteiger partial charge in [0.15, 0.2) is 0 Å². The molecule has 2 aliphatic rings. The van der Waals surface area contributed by atoms with E-state index in [1.54, 1.807) is 11.2 Å². The minimum absolute atomic E-state index is 0.0954. The smallest absolute Gasteiger partial charge is 0.322 e. The number of nitrogens with zero attached hydrogens (tertiary/aromatic N) is 2. The summed E-state index contributed by atoms with van der Waals surface area (Å²) in [5, 5.41) is 3.14. The second kappa shape index (κ2) is 9.15. The van der Waals surface area contributed by atoms with Crippen LogP contribution in [0, 0.1) is 0 Å². The maximum absolute atomic E-state index is 13.2. The van der Waals surface area contributed by atoms with Crippen molar-refractivity contribution in [1.29, 1.82) is 0 Å². The molecule has 1 aromatic heterocycles. The summed E-state index contributed by atoms with van der Waals surface area (Å²) in [5.41, 5.74) is 1.97. The summed E-state index contributed by atoms with van der Waals surface area (Å²) in [5.74, 6) is 0.775. The van der Waals surface area contributed by atoms with Gasteiger partial charge >= 0.3 is 6.03 Å². The molecule has 2 saturated heterocycles. The standard InChI is InChI=1S/C22H29N3O3/c26-22(23-20-10-2-3-11-21(20)24-12-4-1-5-13-24)25(16-18-8-6-14-27-18)17-19-9-7-15-28-19/h2-3,6,8,10-11,14,19H,1,4-5,7,9,12-13,15-17H2,(H,23,26). The van der Waals surface area contributed by atoms with Crippen LogP contribution >= 0.6 is 0 Å². The molecule has 1 atom stereocenters. The first-order valence-corrected chi connectivity index (χ1v) is 10.3. The molecule has 2 amide bonds. The molecule has 150 valence electrons. The lowest BCUT2D eigenvalue weighted by molar-refractivity contribution is 0.0803. The Bertz CT molecular complexity index is 750. The first-order valence-electron chi connectivity index (χ1n) is 10.3. The topological polar surface area (TPSA) is 58.0 Å². The molecule has 2 aliphatic heterocycles. The number of urea groups is 1. The van der Waals surface area contributed by atoms with Gasteiger partial charge < -0.3 is 24.3 Å². The molecule has 6 nitrogen and oxygen atoms in total. The number of carbonyl (C=O) groups is 1. The predicted molar refractivity (Wildman–Crippen MR) is 110 cm³/mol. The zero-order valence-electron chi connectivity index (χ0n) is 16.3. The number of hydrogen-bond donors (Lipinski definition) is 1. The highest BCUT2D eigenvalue weighted by molar-refractivity contribution is 5.93. The highest BCUT2D eigenvalue weighted by Gasteiger charge is 2.24. The lowest BCUT2D eigenvalue weighted by Gasteiger charge is -2.31. The van der Waals surface area contributed by atoms with E-state index >= 15 is 0 Å². The average Bonchev–Trinajstić information content (AvgIpc) is 3.43. The summed E-state index contributed by atoms with van der Waals surface area (Å²) in [6, 6.07) is 11.7. The van der Waals surface area contributed by atoms with Gasteiger partial charge in [0.05, 0.1) is 30.3 Å². The molecule has 6 heteroatoms. The Labute approximate surface area is 166 Å². The van der Waals surface area contributed by atoms with Gasteiger partial charge in [-0.05, 0) is 56.4 Å². The summed E-state index contributed by atoms with van der Waals surface area (Å²) in [4.78, 5) is 17.3. The number of hydrogen-bond acceptors (Lipinski definition) is 4. The monoisotopic (exact) mass is 383 g/mol. The van der Waals surface area contributed by atoms with E-state index in [4.69, 9.17) is 9.15 Å². The quantitative estimate of drug-likeness (QED) is 0.799. The molecule has 0 bridgehead atoms. The molecule has 0 spiro atoms. The van der Waals surface area contributed by atoms with Crippen LogP contribution in [0.25, 0.3) is 0 Å². The van der Waals surface area contributed by atoms with Gasteiger partial charge in [-0.2, -0.15) is 0 Å². The first kappa shape index (κ1) is 18.9. The highest BCUT2D eigenvalue weighted by Crippen LogP contribution is 2.28. The number of nitrogens with one attached hydrogen (secondary N) is 1. The molecule has 1 N–H and O–H groups in total. The van der Waals surface area contributed by atoms with Crippen molar-refractivity contribution in [2.24, 2.45) is 0 Å². The van der Waals surface area contributed by atoms with Crippen molar-refractivity contribution in [3.63, 3.8) is 0 Å². The van der Waals surface area contributed by atoms with Crippen LogP contribution in [-0.2, 0) is 11.3 Å². The van der Waals surface area contributed by atoms with E-state index < -0.39 is 0 Å². The minimum atomic E-state index is -0.114. The number of anilines is 2. The van der Waals surface area contributed by atoms with Gasteiger partial charge in [-0.3, -0.25) is 0 Å². The number of benzene rings is 1. The number of furan rings is 1. The van der Waals surface area contributed by atoms with Crippen LogP contribution in [0.4, 0.5) is 16.2 Å². The van der Waals surface area contributed by atoms with Gasteiger partial charge in [0.25, 0.3) is 0 Å². The molecule has 0 aliphatic carbocycles. The molecular weight excluding hydrogens is 354 g/mol. The lowest BCUT2D eigenvalue weighted by atomic mass is 10.1. The van der Waals surface area contributed by atoms with Crippen molar-refractivity contribution >= 4 is 17.4 Å². The molecule has 1 aromatic carbocycles. The van der Waals surface area contributed by atoms with Crippen LogP contribution < -0.4 is 10.2 Å². The van der Waals surface area contributed by atoms with Gasteiger partial charge in [-0.25, -0.2) is 4.79 Å². The number of amides is 2. The lowest BCUT2D eigenvalue weighted by Crippen LogP contribution is -2.40. The van der Waals surface area contributed by atoms with Crippen LogP contribution in [0.2, 0.25) is 0 Å². The normalized spacial score (nSPS) is 19.6. The predicted octanol–water partition coefficient (Wildman–Crippen LogP) is 4.48. The fourth-order valence-corrected chi connectivity index (χ4v) is 4.03. The Morgan fingerprint density at radius 2 is 1.96 bits per heavy atom. The van der Waals surface area contributed by atoms with Crippen molar-refractivity contribution in [3.8, 4) is 0 Å². The second-order valence-corrected chi connectivity index (χ2v) is 7.59. The summed E-state index contributed by atoms with van der Waals surface area (Å²) >= 11 is 0. The molecule has 1 unspecified atom stereocenters. The van der Waals surface area contributed by atoms with E-state index in [2.05, 4.69) is 16.3 Å². The molecule has 28 heavy (non-hydrogen) atoms. The molecule has 0 saturated carbocycles. The van der Waals surface area contributed by atoms with E-state index in [0.29, 0.717) is 13.1 Å². The van der Waals surface area contributed by atoms with Crippen molar-refractivity contribution in [3.05, 3.63) is 48.4 Å². The molecule has 2 fully saturated rings. The Morgan fingerprint density at radius 3 is 2.71 bits per heavy atom. The summed E-state index contributed by atoms with van der Waals surface area (Å²) in [7, 11) is 0. The number of ether oxygens (including phenoxy) is 1. The van der Waals surface area contributed by atoms with E-state index in [1.165, 1.54) is 19.3 Å². The zero-order chi connectivity index (χ0) is 19.2.